The van der Waals surface area contributed by atoms with Crippen LogP contribution in [0.2, 0.25) is 5.02 Å². The molecule has 0 saturated carbocycles. The maximum atomic E-state index is 12.1. The molecule has 3 aromatic rings. The summed E-state index contributed by atoms with van der Waals surface area (Å²) in [7, 11) is 1.74. The van der Waals surface area contributed by atoms with Crippen molar-refractivity contribution in [3.05, 3.63) is 39.3 Å². The monoisotopic (exact) mass is 305 g/mol. The number of aromatic amines is 1. The van der Waals surface area contributed by atoms with Crippen molar-refractivity contribution >= 4 is 39.4 Å². The molecule has 6 nitrogen and oxygen atoms in total. The number of carbonyl (C=O) groups excluding carboxylic acids is 1. The Bertz CT molecular complexity index is 926. The number of hydrogen-bond donors (Lipinski definition) is 1. The van der Waals surface area contributed by atoms with Gasteiger partial charge in [0.1, 0.15) is 5.52 Å². The molecular formula is C14H12ClN3O3. The van der Waals surface area contributed by atoms with Gasteiger partial charge in [-0.2, -0.15) is 5.10 Å². The first kappa shape index (κ1) is 13.6. The van der Waals surface area contributed by atoms with E-state index in [1.165, 1.54) is 0 Å². The van der Waals surface area contributed by atoms with Gasteiger partial charge < -0.3 is 9.30 Å². The van der Waals surface area contributed by atoms with Gasteiger partial charge in [0.2, 0.25) is 0 Å². The van der Waals surface area contributed by atoms with Crippen LogP contribution in [0.5, 0.6) is 0 Å². The Morgan fingerprint density at radius 1 is 1.48 bits per heavy atom. The highest BCUT2D eigenvalue weighted by molar-refractivity contribution is 6.31. The van der Waals surface area contributed by atoms with E-state index in [0.29, 0.717) is 15.9 Å². The molecule has 2 aromatic heterocycles. The molecule has 21 heavy (non-hydrogen) atoms. The largest absolute Gasteiger partial charge is 0.461 e. The average molecular weight is 306 g/mol. The zero-order chi connectivity index (χ0) is 15.1. The van der Waals surface area contributed by atoms with Gasteiger partial charge >= 0.3 is 5.97 Å². The smallest absolute Gasteiger partial charge is 0.359 e. The van der Waals surface area contributed by atoms with Crippen LogP contribution >= 0.6 is 11.6 Å². The van der Waals surface area contributed by atoms with Crippen LogP contribution in [0.1, 0.15) is 17.4 Å². The highest BCUT2D eigenvalue weighted by Crippen LogP contribution is 2.30. The van der Waals surface area contributed by atoms with Crippen molar-refractivity contribution in [2.75, 3.05) is 6.61 Å². The number of aryl methyl sites for hydroxylation is 1. The molecule has 0 fully saturated rings. The Labute approximate surface area is 124 Å². The van der Waals surface area contributed by atoms with Gasteiger partial charge in [-0.15, -0.1) is 0 Å². The van der Waals surface area contributed by atoms with Crippen LogP contribution in [0.3, 0.4) is 0 Å². The molecule has 0 aliphatic rings. The van der Waals surface area contributed by atoms with E-state index in [0.717, 1.165) is 10.9 Å². The minimum atomic E-state index is -0.568. The summed E-state index contributed by atoms with van der Waals surface area (Å²) in [4.78, 5) is 24.1. The second kappa shape index (κ2) is 4.89. The van der Waals surface area contributed by atoms with Crippen molar-refractivity contribution in [3.63, 3.8) is 0 Å². The van der Waals surface area contributed by atoms with Gasteiger partial charge in [-0.05, 0) is 19.1 Å². The summed E-state index contributed by atoms with van der Waals surface area (Å²) in [5, 5.41) is 7.96. The Morgan fingerprint density at radius 2 is 2.24 bits per heavy atom. The number of carbonyl (C=O) groups is 1. The molecule has 0 radical (unpaired) electrons. The Balaban J connectivity index is 2.50. The molecular weight excluding hydrogens is 294 g/mol. The normalized spacial score (nSPS) is 11.2. The minimum absolute atomic E-state index is 0.0966. The number of esters is 1. The number of hydrogen-bond acceptors (Lipinski definition) is 4. The van der Waals surface area contributed by atoms with Crippen molar-refractivity contribution in [1.29, 1.82) is 0 Å². The van der Waals surface area contributed by atoms with E-state index in [4.69, 9.17) is 16.3 Å². The van der Waals surface area contributed by atoms with Gasteiger partial charge in [0, 0.05) is 22.8 Å². The lowest BCUT2D eigenvalue weighted by molar-refractivity contribution is 0.0521. The van der Waals surface area contributed by atoms with Gasteiger partial charge in [0.15, 0.2) is 5.69 Å². The van der Waals surface area contributed by atoms with Crippen molar-refractivity contribution in [2.45, 2.75) is 6.92 Å². The predicted molar refractivity (Wildman–Crippen MR) is 79.8 cm³/mol. The van der Waals surface area contributed by atoms with E-state index in [1.807, 2.05) is 0 Å². The average Bonchev–Trinajstić information content (AvgIpc) is 2.74. The Hall–Kier alpha value is -2.34. The molecule has 0 saturated heterocycles. The number of benzene rings is 1. The minimum Gasteiger partial charge on any atom is -0.461 e. The number of fused-ring (bicyclic) bond motifs is 3. The quantitative estimate of drug-likeness (QED) is 0.737. The molecule has 2 heterocycles. The molecule has 0 unspecified atom stereocenters. The summed E-state index contributed by atoms with van der Waals surface area (Å²) in [6.45, 7) is 1.95. The van der Waals surface area contributed by atoms with Gasteiger partial charge in [-0.3, -0.25) is 4.79 Å². The molecule has 1 N–H and O–H groups in total. The summed E-state index contributed by atoms with van der Waals surface area (Å²) in [6, 6.07) is 5.22. The van der Waals surface area contributed by atoms with Gasteiger partial charge in [-0.1, -0.05) is 17.7 Å². The van der Waals surface area contributed by atoms with Crippen LogP contribution in [-0.2, 0) is 11.8 Å². The third kappa shape index (κ3) is 1.99. The molecule has 1 aromatic carbocycles. The van der Waals surface area contributed by atoms with E-state index < -0.39 is 5.97 Å². The van der Waals surface area contributed by atoms with Crippen molar-refractivity contribution in [1.82, 2.24) is 14.8 Å². The number of rotatable bonds is 2. The van der Waals surface area contributed by atoms with E-state index in [9.17, 15) is 9.59 Å². The highest BCUT2D eigenvalue weighted by Gasteiger charge is 2.21. The lowest BCUT2D eigenvalue weighted by Crippen LogP contribution is -2.17. The summed E-state index contributed by atoms with van der Waals surface area (Å²) in [5.74, 6) is -0.568. The summed E-state index contributed by atoms with van der Waals surface area (Å²) >= 11 is 6.00. The molecule has 0 amide bonds. The number of nitrogens with zero attached hydrogens (tertiary/aromatic N) is 2. The van der Waals surface area contributed by atoms with Crippen molar-refractivity contribution < 1.29 is 9.53 Å². The fraction of sp³-hybridized carbons (Fsp3) is 0.214. The summed E-state index contributed by atoms with van der Waals surface area (Å²) < 4.78 is 6.69. The first-order valence-electron chi connectivity index (χ1n) is 6.38. The lowest BCUT2D eigenvalue weighted by atomic mass is 10.1. The molecule has 7 heteroatoms. The predicted octanol–water partition coefficient (Wildman–Crippen LogP) is 2.24. The maximum absolute atomic E-state index is 12.1. The first-order valence-corrected chi connectivity index (χ1v) is 6.75. The van der Waals surface area contributed by atoms with Crippen LogP contribution < -0.4 is 5.56 Å². The lowest BCUT2D eigenvalue weighted by Gasteiger charge is -2.02. The second-order valence-corrected chi connectivity index (χ2v) is 5.00. The molecule has 0 aliphatic carbocycles. The standard InChI is InChI=1S/C14H12ClN3O3/c1-3-21-14(20)11-10-8-5-4-7(15)6-9(8)18(2)12(10)13(19)17-16-11/h4-6H,3H2,1-2H3,(H,17,19). The number of H-pyrrole nitrogens is 1. The molecule has 0 aliphatic heterocycles. The van der Waals surface area contributed by atoms with Crippen molar-refractivity contribution in [3.8, 4) is 0 Å². The zero-order valence-electron chi connectivity index (χ0n) is 11.4. The van der Waals surface area contributed by atoms with E-state index in [-0.39, 0.29) is 17.9 Å². The van der Waals surface area contributed by atoms with Gasteiger partial charge in [0.05, 0.1) is 12.1 Å². The number of halogens is 1. The number of nitrogens with one attached hydrogen (secondary N) is 1. The number of ether oxygens (including phenoxy) is 1. The topological polar surface area (TPSA) is 77.0 Å². The second-order valence-electron chi connectivity index (χ2n) is 4.57. The summed E-state index contributed by atoms with van der Waals surface area (Å²) in [5.41, 5.74) is 0.846. The van der Waals surface area contributed by atoms with E-state index in [1.54, 1.807) is 36.7 Å². The van der Waals surface area contributed by atoms with E-state index in [2.05, 4.69) is 10.2 Å². The fourth-order valence-electron chi connectivity index (χ4n) is 2.48. The molecule has 0 spiro atoms. The van der Waals surface area contributed by atoms with Crippen LogP contribution in [0.15, 0.2) is 23.0 Å². The SMILES string of the molecule is CCOC(=O)c1n[nH]c(=O)c2c1c1ccc(Cl)cc1n2C. The van der Waals surface area contributed by atoms with Crippen LogP contribution in [-0.4, -0.2) is 27.3 Å². The van der Waals surface area contributed by atoms with Gasteiger partial charge in [-0.25, -0.2) is 9.89 Å². The third-order valence-corrected chi connectivity index (χ3v) is 3.59. The maximum Gasteiger partial charge on any atom is 0.359 e. The Kier molecular flexibility index (Phi) is 3.17. The highest BCUT2D eigenvalue weighted by atomic mass is 35.5. The first-order chi connectivity index (χ1) is 10.0. The van der Waals surface area contributed by atoms with Crippen LogP contribution in [0.4, 0.5) is 0 Å². The van der Waals surface area contributed by atoms with Gasteiger partial charge in [0.25, 0.3) is 5.56 Å². The zero-order valence-corrected chi connectivity index (χ0v) is 12.2. The molecule has 0 bridgehead atoms. The van der Waals surface area contributed by atoms with Crippen LogP contribution in [0.25, 0.3) is 21.8 Å². The van der Waals surface area contributed by atoms with Crippen molar-refractivity contribution in [2.24, 2.45) is 7.05 Å². The third-order valence-electron chi connectivity index (χ3n) is 3.35. The number of aromatic nitrogens is 3. The Morgan fingerprint density at radius 3 is 2.95 bits per heavy atom. The summed E-state index contributed by atoms with van der Waals surface area (Å²) in [6.07, 6.45) is 0. The molecule has 3 rings (SSSR count). The fourth-order valence-corrected chi connectivity index (χ4v) is 2.64. The van der Waals surface area contributed by atoms with E-state index >= 15 is 0 Å². The molecule has 108 valence electrons. The van der Waals surface area contributed by atoms with Crippen LogP contribution in [0, 0.1) is 0 Å². The molecule has 0 atom stereocenters.